The van der Waals surface area contributed by atoms with Crippen LogP contribution in [-0.4, -0.2) is 20.1 Å². The average molecular weight is 404 g/mol. The number of methoxy groups -OCH3 is 1. The average Bonchev–Trinajstić information content (AvgIpc) is 2.81. The first kappa shape index (κ1) is 21.4. The summed E-state index contributed by atoms with van der Waals surface area (Å²) in [6.07, 6.45) is 0. The maximum absolute atomic E-state index is 5.92. The normalized spacial score (nSPS) is 11.2. The van der Waals surface area contributed by atoms with E-state index in [1.165, 1.54) is 16.7 Å². The second-order valence-electron chi connectivity index (χ2n) is 6.88. The summed E-state index contributed by atoms with van der Waals surface area (Å²) in [7, 11) is 3.45. The Bertz CT molecular complexity index is 942. The highest BCUT2D eigenvalue weighted by Crippen LogP contribution is 2.13. The molecule has 0 aliphatic heterocycles. The molecular formula is C25H29N3O2. The SMILES string of the molecule is CN=C(NCc1cccc(OC)c1)NCc1ccccc1COCc1ccccc1. The van der Waals surface area contributed by atoms with Gasteiger partial charge in [0.15, 0.2) is 5.96 Å². The first-order chi connectivity index (χ1) is 14.8. The molecule has 0 saturated carbocycles. The standard InChI is InChI=1S/C25H29N3O2/c1-26-25(27-16-21-11-8-14-24(15-21)29-2)28-17-22-12-6-7-13-23(22)19-30-18-20-9-4-3-5-10-20/h3-15H,16-19H2,1-2H3,(H2,26,27,28). The molecule has 0 saturated heterocycles. The minimum atomic E-state index is 0.572. The van der Waals surface area contributed by atoms with Crippen molar-refractivity contribution in [3.05, 3.63) is 101 Å². The highest BCUT2D eigenvalue weighted by Gasteiger charge is 2.05. The number of aliphatic imine (C=N–C) groups is 1. The van der Waals surface area contributed by atoms with Crippen LogP contribution >= 0.6 is 0 Å². The van der Waals surface area contributed by atoms with E-state index in [1.807, 2.05) is 48.5 Å². The second kappa shape index (κ2) is 11.6. The Morgan fingerprint density at radius 3 is 2.23 bits per heavy atom. The number of guanidine groups is 1. The monoisotopic (exact) mass is 403 g/mol. The molecule has 0 radical (unpaired) electrons. The Morgan fingerprint density at radius 1 is 0.767 bits per heavy atom. The molecule has 0 amide bonds. The van der Waals surface area contributed by atoms with Crippen molar-refractivity contribution in [1.29, 1.82) is 0 Å². The smallest absolute Gasteiger partial charge is 0.191 e. The number of hydrogen-bond acceptors (Lipinski definition) is 3. The zero-order chi connectivity index (χ0) is 21.0. The van der Waals surface area contributed by atoms with Gasteiger partial charge in [-0.15, -0.1) is 0 Å². The van der Waals surface area contributed by atoms with E-state index in [4.69, 9.17) is 9.47 Å². The van der Waals surface area contributed by atoms with Gasteiger partial charge in [-0.05, 0) is 34.4 Å². The summed E-state index contributed by atoms with van der Waals surface area (Å²) in [4.78, 5) is 4.32. The van der Waals surface area contributed by atoms with E-state index in [2.05, 4.69) is 46.0 Å². The van der Waals surface area contributed by atoms with Gasteiger partial charge in [0.1, 0.15) is 5.75 Å². The molecule has 0 bridgehead atoms. The quantitative estimate of drug-likeness (QED) is 0.414. The summed E-state index contributed by atoms with van der Waals surface area (Å²) >= 11 is 0. The van der Waals surface area contributed by atoms with E-state index in [0.29, 0.717) is 26.3 Å². The van der Waals surface area contributed by atoms with Crippen LogP contribution in [0.1, 0.15) is 22.3 Å². The van der Waals surface area contributed by atoms with E-state index in [9.17, 15) is 0 Å². The molecule has 0 fully saturated rings. The number of ether oxygens (including phenoxy) is 2. The van der Waals surface area contributed by atoms with Gasteiger partial charge < -0.3 is 20.1 Å². The predicted molar refractivity (Wildman–Crippen MR) is 121 cm³/mol. The largest absolute Gasteiger partial charge is 0.497 e. The van der Waals surface area contributed by atoms with Crippen molar-refractivity contribution in [2.75, 3.05) is 14.2 Å². The molecule has 3 rings (SSSR count). The van der Waals surface area contributed by atoms with Crippen molar-refractivity contribution in [2.45, 2.75) is 26.3 Å². The highest BCUT2D eigenvalue weighted by molar-refractivity contribution is 5.79. The Balaban J connectivity index is 1.51. The number of hydrogen-bond donors (Lipinski definition) is 2. The van der Waals surface area contributed by atoms with Gasteiger partial charge in [-0.25, -0.2) is 0 Å². The van der Waals surface area contributed by atoms with Gasteiger partial charge in [0.25, 0.3) is 0 Å². The van der Waals surface area contributed by atoms with E-state index >= 15 is 0 Å². The Labute approximate surface area is 178 Å². The minimum Gasteiger partial charge on any atom is -0.497 e. The molecule has 156 valence electrons. The topological polar surface area (TPSA) is 54.9 Å². The predicted octanol–water partition coefficient (Wildman–Crippen LogP) is 4.28. The summed E-state index contributed by atoms with van der Waals surface area (Å²) < 4.78 is 11.2. The Kier molecular flexibility index (Phi) is 8.30. The van der Waals surface area contributed by atoms with Crippen molar-refractivity contribution in [3.63, 3.8) is 0 Å². The van der Waals surface area contributed by atoms with Gasteiger partial charge in [0.05, 0.1) is 20.3 Å². The van der Waals surface area contributed by atoms with Crippen LogP contribution in [0, 0.1) is 0 Å². The summed E-state index contributed by atoms with van der Waals surface area (Å²) in [6, 6.07) is 26.5. The van der Waals surface area contributed by atoms with Gasteiger partial charge in [-0.3, -0.25) is 4.99 Å². The van der Waals surface area contributed by atoms with Crippen LogP contribution < -0.4 is 15.4 Å². The third-order valence-corrected chi connectivity index (χ3v) is 4.75. The molecule has 30 heavy (non-hydrogen) atoms. The molecule has 0 heterocycles. The molecule has 0 atom stereocenters. The molecule has 3 aromatic carbocycles. The molecule has 5 nitrogen and oxygen atoms in total. The Morgan fingerprint density at radius 2 is 1.47 bits per heavy atom. The van der Waals surface area contributed by atoms with Gasteiger partial charge >= 0.3 is 0 Å². The second-order valence-corrected chi connectivity index (χ2v) is 6.88. The molecule has 0 aliphatic rings. The third-order valence-electron chi connectivity index (χ3n) is 4.75. The van der Waals surface area contributed by atoms with Crippen LogP contribution in [-0.2, 0) is 31.0 Å². The molecule has 0 spiro atoms. The fourth-order valence-electron chi connectivity index (χ4n) is 3.09. The summed E-state index contributed by atoms with van der Waals surface area (Å²) in [5.41, 5.74) is 4.67. The van der Waals surface area contributed by atoms with Crippen LogP contribution in [0.2, 0.25) is 0 Å². The van der Waals surface area contributed by atoms with E-state index in [-0.39, 0.29) is 0 Å². The lowest BCUT2D eigenvalue weighted by Gasteiger charge is -2.15. The van der Waals surface area contributed by atoms with Crippen molar-refractivity contribution in [2.24, 2.45) is 4.99 Å². The zero-order valence-corrected chi connectivity index (χ0v) is 17.6. The molecule has 0 unspecified atom stereocenters. The molecule has 3 aromatic rings. The number of benzene rings is 3. The highest BCUT2D eigenvalue weighted by atomic mass is 16.5. The van der Waals surface area contributed by atoms with E-state index < -0.39 is 0 Å². The number of nitrogens with zero attached hydrogens (tertiary/aromatic N) is 1. The summed E-state index contributed by atoms with van der Waals surface area (Å²) in [5, 5.41) is 6.73. The van der Waals surface area contributed by atoms with E-state index in [1.54, 1.807) is 14.2 Å². The maximum Gasteiger partial charge on any atom is 0.191 e. The van der Waals surface area contributed by atoms with Crippen molar-refractivity contribution >= 4 is 5.96 Å². The number of nitrogens with one attached hydrogen (secondary N) is 2. The molecule has 0 aliphatic carbocycles. The van der Waals surface area contributed by atoms with Crippen LogP contribution in [0.15, 0.2) is 83.9 Å². The zero-order valence-electron chi connectivity index (χ0n) is 17.6. The number of rotatable bonds is 9. The lowest BCUT2D eigenvalue weighted by molar-refractivity contribution is 0.106. The van der Waals surface area contributed by atoms with Crippen molar-refractivity contribution < 1.29 is 9.47 Å². The van der Waals surface area contributed by atoms with E-state index in [0.717, 1.165) is 17.3 Å². The fraction of sp³-hybridized carbons (Fsp3) is 0.240. The molecular weight excluding hydrogens is 374 g/mol. The summed E-state index contributed by atoms with van der Waals surface area (Å²) in [5.74, 6) is 1.60. The van der Waals surface area contributed by atoms with Crippen LogP contribution in [0.25, 0.3) is 0 Å². The van der Waals surface area contributed by atoms with Gasteiger partial charge in [0, 0.05) is 20.1 Å². The van der Waals surface area contributed by atoms with Gasteiger partial charge in [-0.1, -0.05) is 66.7 Å². The lowest BCUT2D eigenvalue weighted by atomic mass is 10.1. The van der Waals surface area contributed by atoms with Crippen molar-refractivity contribution in [3.8, 4) is 5.75 Å². The van der Waals surface area contributed by atoms with Crippen LogP contribution in [0.4, 0.5) is 0 Å². The Hall–Kier alpha value is -3.31. The maximum atomic E-state index is 5.92. The van der Waals surface area contributed by atoms with Gasteiger partial charge in [-0.2, -0.15) is 0 Å². The molecule has 5 heteroatoms. The van der Waals surface area contributed by atoms with Gasteiger partial charge in [0.2, 0.25) is 0 Å². The fourth-order valence-corrected chi connectivity index (χ4v) is 3.09. The van der Waals surface area contributed by atoms with Crippen molar-refractivity contribution in [1.82, 2.24) is 10.6 Å². The third kappa shape index (κ3) is 6.64. The van der Waals surface area contributed by atoms with Crippen LogP contribution in [0.3, 0.4) is 0 Å². The summed E-state index contributed by atoms with van der Waals surface area (Å²) in [6.45, 7) is 2.51. The first-order valence-corrected chi connectivity index (χ1v) is 10.0. The molecule has 2 N–H and O–H groups in total. The van der Waals surface area contributed by atoms with Crippen LogP contribution in [0.5, 0.6) is 5.75 Å². The first-order valence-electron chi connectivity index (χ1n) is 10.0. The lowest BCUT2D eigenvalue weighted by Crippen LogP contribution is -2.36. The minimum absolute atomic E-state index is 0.572. The molecule has 0 aromatic heterocycles.